The first-order valence-electron chi connectivity index (χ1n) is 15.0. The van der Waals surface area contributed by atoms with Crippen LogP contribution in [0, 0.1) is 12.7 Å². The monoisotopic (exact) mass is 663 g/mol. The second-order valence-corrected chi connectivity index (χ2v) is 14.1. The summed E-state index contributed by atoms with van der Waals surface area (Å²) < 4.78 is 52.6. The summed E-state index contributed by atoms with van der Waals surface area (Å²) in [5.41, 5.74) is 5.40. The average Bonchev–Trinajstić information content (AvgIpc) is 3.48. The van der Waals surface area contributed by atoms with E-state index in [2.05, 4.69) is 4.72 Å². The number of aryl methyl sites for hydroxylation is 1. The molecule has 1 N–H and O–H groups in total. The van der Waals surface area contributed by atoms with E-state index in [0.29, 0.717) is 45.2 Å². The van der Waals surface area contributed by atoms with Gasteiger partial charge in [0.05, 0.1) is 45.5 Å². The Balaban J connectivity index is 1.23. The first kappa shape index (κ1) is 31.9. The maximum atomic E-state index is 13.6. The fourth-order valence-corrected chi connectivity index (χ4v) is 7.74. The zero-order valence-electron chi connectivity index (χ0n) is 25.6. The number of hydrogen-bond acceptors (Lipinski definition) is 9. The Kier molecular flexibility index (Phi) is 9.54. The summed E-state index contributed by atoms with van der Waals surface area (Å²) in [5.74, 6) is -0.110. The highest BCUT2D eigenvalue weighted by molar-refractivity contribution is 7.88. The largest absolute Gasteiger partial charge is 0.492 e. The zero-order chi connectivity index (χ0) is 32.3. The van der Waals surface area contributed by atoms with Crippen molar-refractivity contribution in [2.45, 2.75) is 38.5 Å². The van der Waals surface area contributed by atoms with Gasteiger partial charge in [-0.15, -0.1) is 11.3 Å². The van der Waals surface area contributed by atoms with Gasteiger partial charge >= 0.3 is 0 Å². The highest BCUT2D eigenvalue weighted by Gasteiger charge is 2.22. The van der Waals surface area contributed by atoms with Gasteiger partial charge in [0, 0.05) is 37.9 Å². The zero-order valence-corrected chi connectivity index (χ0v) is 27.2. The number of likely N-dealkylation sites (tertiary alicyclic amines) is 1. The molecule has 0 aliphatic carbocycles. The van der Waals surface area contributed by atoms with Crippen molar-refractivity contribution in [1.82, 2.24) is 24.6 Å². The van der Waals surface area contributed by atoms with Gasteiger partial charge in [-0.3, -0.25) is 9.78 Å². The van der Waals surface area contributed by atoms with Crippen LogP contribution >= 0.6 is 11.3 Å². The minimum Gasteiger partial charge on any atom is -0.492 e. The van der Waals surface area contributed by atoms with E-state index in [0.717, 1.165) is 53.7 Å². The molecule has 5 aromatic rings. The summed E-state index contributed by atoms with van der Waals surface area (Å²) >= 11 is 1.46. The molecule has 240 valence electrons. The maximum Gasteiger partial charge on any atom is 0.253 e. The quantitative estimate of drug-likeness (QED) is 0.181. The van der Waals surface area contributed by atoms with E-state index in [1.807, 2.05) is 30.0 Å². The molecule has 1 amide bonds. The summed E-state index contributed by atoms with van der Waals surface area (Å²) in [6, 6.07) is 12.8. The van der Waals surface area contributed by atoms with E-state index in [-0.39, 0.29) is 24.8 Å². The number of nitrogens with one attached hydrogen (secondary N) is 1. The lowest BCUT2D eigenvalue weighted by Crippen LogP contribution is -2.35. The van der Waals surface area contributed by atoms with Crippen molar-refractivity contribution >= 4 is 48.5 Å². The lowest BCUT2D eigenvalue weighted by molar-refractivity contribution is 0.0724. The van der Waals surface area contributed by atoms with Crippen LogP contribution < -0.4 is 9.46 Å². The molecule has 1 aliphatic rings. The lowest BCUT2D eigenvalue weighted by atomic mass is 10.0. The van der Waals surface area contributed by atoms with Gasteiger partial charge in [-0.1, -0.05) is 12.1 Å². The SMILES string of the molecule is COCc1cnc2c(-c3nc4c(C)cc(OCCNS(=O)(=O)Cc5ccc(F)cc5)cc4s3)cc(C(=O)N3CCCCC3)cc2n1. The minimum atomic E-state index is -3.62. The highest BCUT2D eigenvalue weighted by Crippen LogP contribution is 2.37. The number of carbonyl (C=O) groups is 1. The predicted molar refractivity (Wildman–Crippen MR) is 176 cm³/mol. The molecular weight excluding hydrogens is 630 g/mol. The average molecular weight is 664 g/mol. The molecule has 0 spiro atoms. The van der Waals surface area contributed by atoms with E-state index >= 15 is 0 Å². The fraction of sp³-hybridized carbons (Fsp3) is 0.333. The van der Waals surface area contributed by atoms with Crippen LogP contribution in [0.1, 0.15) is 46.4 Å². The van der Waals surface area contributed by atoms with E-state index in [4.69, 9.17) is 24.4 Å². The van der Waals surface area contributed by atoms with Crippen molar-refractivity contribution in [3.63, 3.8) is 0 Å². The van der Waals surface area contributed by atoms with Crippen molar-refractivity contribution in [1.29, 1.82) is 0 Å². The van der Waals surface area contributed by atoms with E-state index in [9.17, 15) is 17.6 Å². The fourth-order valence-electron chi connectivity index (χ4n) is 5.53. The number of hydrogen-bond donors (Lipinski definition) is 1. The molecule has 3 aromatic carbocycles. The molecule has 10 nitrogen and oxygen atoms in total. The Bertz CT molecular complexity index is 1990. The number of nitrogens with zero attached hydrogens (tertiary/aromatic N) is 4. The Morgan fingerprint density at radius 3 is 2.59 bits per heavy atom. The van der Waals surface area contributed by atoms with Crippen LogP contribution in [0.25, 0.3) is 31.8 Å². The smallest absolute Gasteiger partial charge is 0.253 e. The number of ether oxygens (including phenoxy) is 2. The van der Waals surface area contributed by atoms with E-state index in [1.54, 1.807) is 19.4 Å². The normalized spacial score (nSPS) is 13.8. The summed E-state index contributed by atoms with van der Waals surface area (Å²) in [4.78, 5) is 29.9. The van der Waals surface area contributed by atoms with Crippen LogP contribution in [0.4, 0.5) is 4.39 Å². The molecule has 0 saturated carbocycles. The van der Waals surface area contributed by atoms with Gasteiger partial charge in [-0.05, 0) is 73.7 Å². The predicted octanol–water partition coefficient (Wildman–Crippen LogP) is 5.62. The molecule has 1 saturated heterocycles. The van der Waals surface area contributed by atoms with Crippen molar-refractivity contribution in [3.05, 3.63) is 82.9 Å². The number of methoxy groups -OCH3 is 1. The molecule has 0 unspecified atom stereocenters. The van der Waals surface area contributed by atoms with Gasteiger partial charge in [0.25, 0.3) is 5.91 Å². The number of rotatable bonds is 11. The van der Waals surface area contributed by atoms with Crippen molar-refractivity contribution in [2.75, 3.05) is 33.4 Å². The first-order chi connectivity index (χ1) is 22.2. The topological polar surface area (TPSA) is 124 Å². The van der Waals surface area contributed by atoms with Crippen LogP contribution in [0.5, 0.6) is 5.75 Å². The number of carbonyl (C=O) groups excluding carboxylic acids is 1. The molecule has 3 heterocycles. The summed E-state index contributed by atoms with van der Waals surface area (Å²) in [6.07, 6.45) is 4.79. The number of halogens is 1. The van der Waals surface area contributed by atoms with Crippen molar-refractivity contribution < 1.29 is 27.1 Å². The van der Waals surface area contributed by atoms with E-state index in [1.165, 1.54) is 35.6 Å². The van der Waals surface area contributed by atoms with Gasteiger partial charge < -0.3 is 14.4 Å². The number of thiazole rings is 1. The molecule has 1 aliphatic heterocycles. The van der Waals surface area contributed by atoms with Crippen molar-refractivity contribution in [2.24, 2.45) is 0 Å². The molecule has 2 aromatic heterocycles. The Hall–Kier alpha value is -4.04. The third-order valence-corrected chi connectivity index (χ3v) is 10.1. The second kappa shape index (κ2) is 13.8. The third-order valence-electron chi connectivity index (χ3n) is 7.73. The van der Waals surface area contributed by atoms with Crippen molar-refractivity contribution in [3.8, 4) is 16.3 Å². The molecule has 6 rings (SSSR count). The standard InChI is InChI=1S/C33H34FN5O5S2/c1-21-14-26(44-13-10-36-46(41,42)20-22-6-8-24(34)9-7-22)17-29-30(21)38-32(45-29)27-15-23(33(40)39-11-4-3-5-12-39)16-28-31(27)35-18-25(37-28)19-43-2/h6-9,14-18,36H,3-5,10-13,19-20H2,1-2H3. The third kappa shape index (κ3) is 7.33. The molecule has 13 heteroatoms. The first-order valence-corrected chi connectivity index (χ1v) is 17.5. The Morgan fingerprint density at radius 1 is 1.04 bits per heavy atom. The second-order valence-electron chi connectivity index (χ2n) is 11.3. The number of sulfonamides is 1. The van der Waals surface area contributed by atoms with Crippen LogP contribution in [0.15, 0.2) is 54.7 Å². The maximum absolute atomic E-state index is 13.6. The van der Waals surface area contributed by atoms with Gasteiger partial charge in [-0.2, -0.15) is 0 Å². The molecule has 0 bridgehead atoms. The van der Waals surface area contributed by atoms with Crippen LogP contribution in [0.3, 0.4) is 0 Å². The molecule has 0 radical (unpaired) electrons. The Labute approximate surface area is 270 Å². The molecule has 0 atom stereocenters. The van der Waals surface area contributed by atoms with Gasteiger partial charge in [0.1, 0.15) is 23.2 Å². The number of piperidine rings is 1. The van der Waals surface area contributed by atoms with Crippen LogP contribution in [-0.2, 0) is 27.1 Å². The Morgan fingerprint density at radius 2 is 1.83 bits per heavy atom. The van der Waals surface area contributed by atoms with Gasteiger partial charge in [-0.25, -0.2) is 27.5 Å². The van der Waals surface area contributed by atoms with Gasteiger partial charge in [0.15, 0.2) is 0 Å². The molecule has 46 heavy (non-hydrogen) atoms. The minimum absolute atomic E-state index is 0.0249. The number of fused-ring (bicyclic) bond motifs is 2. The van der Waals surface area contributed by atoms with Crippen LogP contribution in [-0.4, -0.2) is 67.5 Å². The lowest BCUT2D eigenvalue weighted by Gasteiger charge is -2.27. The summed E-state index contributed by atoms with van der Waals surface area (Å²) in [6.45, 7) is 3.91. The summed E-state index contributed by atoms with van der Waals surface area (Å²) in [5, 5.41) is 0.705. The number of amides is 1. The number of aromatic nitrogens is 3. The molecular formula is C33H34FN5O5S2. The van der Waals surface area contributed by atoms with Gasteiger partial charge in [0.2, 0.25) is 10.0 Å². The van der Waals surface area contributed by atoms with E-state index < -0.39 is 15.8 Å². The molecule has 1 fully saturated rings. The number of benzene rings is 3. The highest BCUT2D eigenvalue weighted by atomic mass is 32.2. The summed E-state index contributed by atoms with van der Waals surface area (Å²) in [7, 11) is -2.02. The van der Waals surface area contributed by atoms with Crippen LogP contribution in [0.2, 0.25) is 0 Å².